The van der Waals surface area contributed by atoms with Crippen molar-refractivity contribution in [2.24, 2.45) is 5.73 Å². The molecule has 2 rings (SSSR count). The maximum absolute atomic E-state index is 10.6. The molecule has 0 saturated carbocycles. The lowest BCUT2D eigenvalue weighted by atomic mass is 10.3. The molecule has 1 aromatic heterocycles. The van der Waals surface area contributed by atoms with E-state index in [9.17, 15) is 4.79 Å². The first-order valence-corrected chi connectivity index (χ1v) is 7.09. The number of halogens is 2. The minimum absolute atomic E-state index is 0.0801. The number of carbonyl (C=O) groups excluding carboxylic acids is 1. The Balaban J connectivity index is 2.19. The Hall–Kier alpha value is -1.30. The number of amides is 1. The number of rotatable bonds is 7. The molecule has 0 bridgehead atoms. The van der Waals surface area contributed by atoms with Crippen molar-refractivity contribution in [2.75, 3.05) is 19.1 Å². The monoisotopic (exact) mass is 315 g/mol. The fraction of sp³-hybridized carbons (Fsp3) is 0.385. The Labute approximate surface area is 126 Å². The van der Waals surface area contributed by atoms with Crippen LogP contribution in [-0.4, -0.2) is 34.6 Å². The van der Waals surface area contributed by atoms with Gasteiger partial charge in [-0.15, -0.1) is 11.6 Å². The summed E-state index contributed by atoms with van der Waals surface area (Å²) >= 11 is 11.8. The van der Waals surface area contributed by atoms with E-state index in [1.165, 1.54) is 0 Å². The van der Waals surface area contributed by atoms with Crippen LogP contribution in [0.4, 0.5) is 0 Å². The summed E-state index contributed by atoms with van der Waals surface area (Å²) in [4.78, 5) is 15.1. The number of primary amides is 1. The van der Waals surface area contributed by atoms with Gasteiger partial charge in [0.2, 0.25) is 5.91 Å². The standard InChI is InChI=1S/C13H15Cl2N3O2/c14-4-3-13-17-10-7-9(15)1-2-11(10)18(13)5-6-20-8-12(16)19/h1-2,7H,3-6,8H2,(H2,16,19). The molecule has 0 spiro atoms. The number of hydrogen-bond donors (Lipinski definition) is 1. The average molecular weight is 316 g/mol. The van der Waals surface area contributed by atoms with Crippen LogP contribution in [0.2, 0.25) is 5.02 Å². The van der Waals surface area contributed by atoms with Crippen LogP contribution in [0.25, 0.3) is 11.0 Å². The predicted molar refractivity (Wildman–Crippen MR) is 79.2 cm³/mol. The first kappa shape index (κ1) is 15.1. The van der Waals surface area contributed by atoms with Crippen molar-refractivity contribution in [3.63, 3.8) is 0 Å². The van der Waals surface area contributed by atoms with Gasteiger partial charge in [0.25, 0.3) is 0 Å². The van der Waals surface area contributed by atoms with E-state index >= 15 is 0 Å². The van der Waals surface area contributed by atoms with Crippen molar-refractivity contribution < 1.29 is 9.53 Å². The normalized spacial score (nSPS) is 11.1. The van der Waals surface area contributed by atoms with Gasteiger partial charge in [-0.3, -0.25) is 4.79 Å². The SMILES string of the molecule is NC(=O)COCCn1c(CCCl)nc2cc(Cl)ccc21. The second kappa shape index (κ2) is 6.92. The van der Waals surface area contributed by atoms with Crippen LogP contribution in [0.15, 0.2) is 18.2 Å². The summed E-state index contributed by atoms with van der Waals surface area (Å²) in [7, 11) is 0. The summed E-state index contributed by atoms with van der Waals surface area (Å²) in [6, 6.07) is 5.54. The van der Waals surface area contributed by atoms with Gasteiger partial charge in [0.1, 0.15) is 12.4 Å². The van der Waals surface area contributed by atoms with E-state index in [0.717, 1.165) is 16.9 Å². The third kappa shape index (κ3) is 3.62. The molecule has 1 amide bonds. The highest BCUT2D eigenvalue weighted by Crippen LogP contribution is 2.21. The number of carbonyl (C=O) groups is 1. The number of hydrogen-bond acceptors (Lipinski definition) is 3. The van der Waals surface area contributed by atoms with Crippen LogP contribution in [-0.2, 0) is 22.5 Å². The first-order chi connectivity index (χ1) is 9.61. The van der Waals surface area contributed by atoms with Crippen LogP contribution in [0.1, 0.15) is 5.82 Å². The lowest BCUT2D eigenvalue weighted by Gasteiger charge is -2.08. The van der Waals surface area contributed by atoms with Crippen molar-refractivity contribution in [2.45, 2.75) is 13.0 Å². The van der Waals surface area contributed by atoms with Crippen LogP contribution in [0.5, 0.6) is 0 Å². The predicted octanol–water partition coefficient (Wildman–Crippen LogP) is 1.97. The highest BCUT2D eigenvalue weighted by Gasteiger charge is 2.10. The van der Waals surface area contributed by atoms with Gasteiger partial charge in [0, 0.05) is 23.9 Å². The molecule has 20 heavy (non-hydrogen) atoms. The number of ether oxygens (including phenoxy) is 1. The quantitative estimate of drug-likeness (QED) is 0.627. The molecule has 0 fully saturated rings. The summed E-state index contributed by atoms with van der Waals surface area (Å²) in [6.45, 7) is 0.882. The van der Waals surface area contributed by atoms with Gasteiger partial charge in [0.05, 0.1) is 17.6 Å². The van der Waals surface area contributed by atoms with E-state index in [-0.39, 0.29) is 6.61 Å². The maximum atomic E-state index is 10.6. The van der Waals surface area contributed by atoms with Gasteiger partial charge in [-0.05, 0) is 18.2 Å². The van der Waals surface area contributed by atoms with Crippen molar-refractivity contribution in [3.05, 3.63) is 29.0 Å². The van der Waals surface area contributed by atoms with Crippen molar-refractivity contribution in [3.8, 4) is 0 Å². The third-order valence-electron chi connectivity index (χ3n) is 2.81. The summed E-state index contributed by atoms with van der Waals surface area (Å²) in [6.07, 6.45) is 0.656. The lowest BCUT2D eigenvalue weighted by molar-refractivity contribution is -0.122. The second-order valence-corrected chi connectivity index (χ2v) is 5.08. The van der Waals surface area contributed by atoms with Gasteiger partial charge >= 0.3 is 0 Å². The number of fused-ring (bicyclic) bond motifs is 1. The molecular weight excluding hydrogens is 301 g/mol. The number of aromatic nitrogens is 2. The Morgan fingerprint density at radius 3 is 2.95 bits per heavy atom. The zero-order chi connectivity index (χ0) is 14.5. The van der Waals surface area contributed by atoms with E-state index in [1.54, 1.807) is 0 Å². The summed E-state index contributed by atoms with van der Waals surface area (Å²) in [5, 5.41) is 0.643. The highest BCUT2D eigenvalue weighted by atomic mass is 35.5. The second-order valence-electron chi connectivity index (χ2n) is 4.27. The molecule has 0 aliphatic heterocycles. The van der Waals surface area contributed by atoms with Crippen LogP contribution >= 0.6 is 23.2 Å². The fourth-order valence-electron chi connectivity index (χ4n) is 2.01. The van der Waals surface area contributed by atoms with Crippen molar-refractivity contribution in [1.82, 2.24) is 9.55 Å². The number of alkyl halides is 1. The summed E-state index contributed by atoms with van der Waals surface area (Å²) in [5.74, 6) is 0.882. The van der Waals surface area contributed by atoms with E-state index in [2.05, 4.69) is 4.98 Å². The minimum atomic E-state index is -0.478. The zero-order valence-electron chi connectivity index (χ0n) is 10.8. The molecule has 0 aliphatic rings. The Morgan fingerprint density at radius 2 is 2.25 bits per heavy atom. The van der Waals surface area contributed by atoms with Gasteiger partial charge in [-0.2, -0.15) is 0 Å². The topological polar surface area (TPSA) is 70.1 Å². The molecule has 1 aromatic carbocycles. The average Bonchev–Trinajstić information content (AvgIpc) is 2.72. The van der Waals surface area contributed by atoms with Gasteiger partial charge in [-0.1, -0.05) is 11.6 Å². The number of nitrogens with two attached hydrogens (primary N) is 1. The van der Waals surface area contributed by atoms with E-state index < -0.39 is 5.91 Å². The molecule has 0 aliphatic carbocycles. The first-order valence-electron chi connectivity index (χ1n) is 6.18. The molecule has 0 saturated heterocycles. The number of aryl methyl sites for hydroxylation is 1. The fourth-order valence-corrected chi connectivity index (χ4v) is 2.34. The maximum Gasteiger partial charge on any atom is 0.243 e. The number of imidazole rings is 1. The smallest absolute Gasteiger partial charge is 0.243 e. The van der Waals surface area contributed by atoms with Crippen LogP contribution in [0.3, 0.4) is 0 Å². The molecule has 2 aromatic rings. The largest absolute Gasteiger partial charge is 0.370 e. The van der Waals surface area contributed by atoms with Crippen LogP contribution in [0, 0.1) is 0 Å². The highest BCUT2D eigenvalue weighted by molar-refractivity contribution is 6.31. The van der Waals surface area contributed by atoms with E-state index in [0.29, 0.717) is 30.5 Å². The van der Waals surface area contributed by atoms with E-state index in [1.807, 2.05) is 22.8 Å². The van der Waals surface area contributed by atoms with Crippen LogP contribution < -0.4 is 5.73 Å². The summed E-state index contributed by atoms with van der Waals surface area (Å²) in [5.41, 5.74) is 6.82. The lowest BCUT2D eigenvalue weighted by Crippen LogP contribution is -2.20. The zero-order valence-corrected chi connectivity index (χ0v) is 12.3. The van der Waals surface area contributed by atoms with E-state index in [4.69, 9.17) is 33.7 Å². The Bertz CT molecular complexity index is 613. The number of nitrogens with zero attached hydrogens (tertiary/aromatic N) is 2. The Kier molecular flexibility index (Phi) is 5.23. The molecule has 0 unspecified atom stereocenters. The molecule has 0 radical (unpaired) electrons. The molecule has 108 valence electrons. The molecule has 5 nitrogen and oxygen atoms in total. The molecule has 0 atom stereocenters. The summed E-state index contributed by atoms with van der Waals surface area (Å²) < 4.78 is 7.21. The third-order valence-corrected chi connectivity index (χ3v) is 3.24. The molecule has 2 N–H and O–H groups in total. The Morgan fingerprint density at radius 1 is 1.45 bits per heavy atom. The van der Waals surface area contributed by atoms with Crippen molar-refractivity contribution >= 4 is 40.1 Å². The van der Waals surface area contributed by atoms with Gasteiger partial charge < -0.3 is 15.0 Å². The number of benzene rings is 1. The minimum Gasteiger partial charge on any atom is -0.370 e. The molecule has 7 heteroatoms. The van der Waals surface area contributed by atoms with Gasteiger partial charge in [-0.25, -0.2) is 4.98 Å². The van der Waals surface area contributed by atoms with Crippen molar-refractivity contribution in [1.29, 1.82) is 0 Å². The van der Waals surface area contributed by atoms with Gasteiger partial charge in [0.15, 0.2) is 0 Å². The molecule has 1 heterocycles. The molecular formula is C13H15Cl2N3O2.